The highest BCUT2D eigenvalue weighted by molar-refractivity contribution is 8.00. The Morgan fingerprint density at radius 2 is 2.12 bits per heavy atom. The number of carboxylic acids is 1. The highest BCUT2D eigenvalue weighted by Gasteiger charge is 2.32. The molecule has 5 heteroatoms. The first-order valence-corrected chi connectivity index (χ1v) is 6.59. The van der Waals surface area contributed by atoms with Crippen LogP contribution in [0.25, 0.3) is 0 Å². The van der Waals surface area contributed by atoms with E-state index in [9.17, 15) is 4.79 Å². The fourth-order valence-corrected chi connectivity index (χ4v) is 2.59. The zero-order valence-electron chi connectivity index (χ0n) is 8.72. The minimum Gasteiger partial charge on any atom is -0.478 e. The molecule has 2 aliphatic rings. The van der Waals surface area contributed by atoms with Gasteiger partial charge in [-0.3, -0.25) is 0 Å². The Morgan fingerprint density at radius 1 is 1.38 bits per heavy atom. The Kier molecular flexibility index (Phi) is 2.35. The summed E-state index contributed by atoms with van der Waals surface area (Å²) in [6.45, 7) is 0. The molecule has 1 aromatic heterocycles. The Balaban J connectivity index is 1.98. The van der Waals surface area contributed by atoms with Crippen molar-refractivity contribution in [3.63, 3.8) is 0 Å². The van der Waals surface area contributed by atoms with E-state index >= 15 is 0 Å². The van der Waals surface area contributed by atoms with E-state index in [1.807, 2.05) is 11.8 Å². The highest BCUT2D eigenvalue weighted by Crippen LogP contribution is 2.41. The van der Waals surface area contributed by atoms with Crippen LogP contribution >= 0.6 is 11.8 Å². The molecule has 84 valence electrons. The summed E-state index contributed by atoms with van der Waals surface area (Å²) in [5.41, 5.74) is 1.05. The first-order chi connectivity index (χ1) is 7.75. The van der Waals surface area contributed by atoms with Crippen molar-refractivity contribution in [1.29, 1.82) is 0 Å². The topological polar surface area (TPSA) is 63.1 Å². The quantitative estimate of drug-likeness (QED) is 0.868. The van der Waals surface area contributed by atoms with Gasteiger partial charge in [-0.2, -0.15) is 11.8 Å². The molecule has 0 unspecified atom stereocenters. The average Bonchev–Trinajstić information content (AvgIpc) is 2.97. The van der Waals surface area contributed by atoms with E-state index in [1.165, 1.54) is 6.20 Å². The van der Waals surface area contributed by atoms with Crippen LogP contribution in [0.3, 0.4) is 0 Å². The van der Waals surface area contributed by atoms with Crippen LogP contribution in [-0.2, 0) is 0 Å². The van der Waals surface area contributed by atoms with Crippen LogP contribution in [-0.4, -0.2) is 32.5 Å². The standard InChI is InChI=1S/C11H12N2O2S/c14-11(15)8-3-12-10(7-4-16-5-7)13-9(8)6-1-2-6/h3,6-7H,1-2,4-5H2,(H,14,15). The van der Waals surface area contributed by atoms with Crippen molar-refractivity contribution in [1.82, 2.24) is 9.97 Å². The smallest absolute Gasteiger partial charge is 0.339 e. The molecule has 0 amide bonds. The van der Waals surface area contributed by atoms with Gasteiger partial charge in [-0.1, -0.05) is 0 Å². The van der Waals surface area contributed by atoms with Crippen molar-refractivity contribution >= 4 is 17.7 Å². The molecule has 1 saturated carbocycles. The summed E-state index contributed by atoms with van der Waals surface area (Å²) in [5, 5.41) is 9.06. The third-order valence-electron chi connectivity index (χ3n) is 3.03. The molecule has 3 rings (SSSR count). The monoisotopic (exact) mass is 236 g/mol. The number of nitrogens with zero attached hydrogens (tertiary/aromatic N) is 2. The van der Waals surface area contributed by atoms with Crippen molar-refractivity contribution in [2.75, 3.05) is 11.5 Å². The molecule has 0 aromatic carbocycles. The molecule has 0 spiro atoms. The summed E-state index contributed by atoms with van der Waals surface area (Å²) in [4.78, 5) is 19.7. The number of carboxylic acid groups (broad SMARTS) is 1. The Hall–Kier alpha value is -1.10. The number of aromatic nitrogens is 2. The van der Waals surface area contributed by atoms with Gasteiger partial charge in [0.1, 0.15) is 5.82 Å². The predicted molar refractivity (Wildman–Crippen MR) is 61.0 cm³/mol. The molecule has 1 saturated heterocycles. The average molecular weight is 236 g/mol. The van der Waals surface area contributed by atoms with Crippen LogP contribution in [0.5, 0.6) is 0 Å². The van der Waals surface area contributed by atoms with E-state index in [-0.39, 0.29) is 0 Å². The maximum atomic E-state index is 11.0. The lowest BCUT2D eigenvalue weighted by atomic mass is 10.1. The molecule has 1 aromatic rings. The summed E-state index contributed by atoms with van der Waals surface area (Å²) in [6.07, 6.45) is 3.62. The lowest BCUT2D eigenvalue weighted by Crippen LogP contribution is -2.20. The van der Waals surface area contributed by atoms with E-state index in [4.69, 9.17) is 5.11 Å². The first-order valence-electron chi connectivity index (χ1n) is 5.43. The van der Waals surface area contributed by atoms with Gasteiger partial charge in [0.05, 0.1) is 11.3 Å². The summed E-state index contributed by atoms with van der Waals surface area (Å²) >= 11 is 1.88. The van der Waals surface area contributed by atoms with Crippen LogP contribution in [0.1, 0.15) is 46.6 Å². The largest absolute Gasteiger partial charge is 0.478 e. The zero-order valence-corrected chi connectivity index (χ0v) is 9.54. The number of carbonyl (C=O) groups is 1. The second kappa shape index (κ2) is 3.73. The van der Waals surface area contributed by atoms with Gasteiger partial charge >= 0.3 is 5.97 Å². The summed E-state index contributed by atoms with van der Waals surface area (Å²) in [5.74, 6) is 2.86. The zero-order chi connectivity index (χ0) is 11.1. The molecule has 0 radical (unpaired) electrons. The van der Waals surface area contributed by atoms with Gasteiger partial charge < -0.3 is 5.11 Å². The molecule has 2 fully saturated rings. The molecule has 16 heavy (non-hydrogen) atoms. The molecule has 1 aliphatic carbocycles. The molecule has 2 heterocycles. The minimum atomic E-state index is -0.906. The molecule has 1 N–H and O–H groups in total. The second-order valence-electron chi connectivity index (χ2n) is 4.34. The van der Waals surface area contributed by atoms with Crippen LogP contribution in [0.4, 0.5) is 0 Å². The van der Waals surface area contributed by atoms with Crippen molar-refractivity contribution in [2.24, 2.45) is 0 Å². The number of hydrogen-bond donors (Lipinski definition) is 1. The third-order valence-corrected chi connectivity index (χ3v) is 4.31. The van der Waals surface area contributed by atoms with Crippen LogP contribution in [0.15, 0.2) is 6.20 Å². The number of hydrogen-bond acceptors (Lipinski definition) is 4. The Morgan fingerprint density at radius 3 is 2.62 bits per heavy atom. The normalized spacial score (nSPS) is 20.5. The van der Waals surface area contributed by atoms with E-state index in [2.05, 4.69) is 9.97 Å². The van der Waals surface area contributed by atoms with Gasteiger partial charge in [0.25, 0.3) is 0 Å². The maximum absolute atomic E-state index is 11.0. The summed E-state index contributed by atoms with van der Waals surface area (Å²) < 4.78 is 0. The lowest BCUT2D eigenvalue weighted by Gasteiger charge is -2.23. The van der Waals surface area contributed by atoms with Gasteiger partial charge in [-0.25, -0.2) is 14.8 Å². The van der Waals surface area contributed by atoms with Crippen LogP contribution < -0.4 is 0 Å². The molecule has 1 aliphatic heterocycles. The van der Waals surface area contributed by atoms with Gasteiger partial charge in [-0.05, 0) is 12.8 Å². The molecular formula is C11H12N2O2S. The fourth-order valence-electron chi connectivity index (χ4n) is 1.82. The predicted octanol–water partition coefficient (Wildman–Crippen LogP) is 1.88. The van der Waals surface area contributed by atoms with Crippen molar-refractivity contribution < 1.29 is 9.90 Å². The molecule has 0 bridgehead atoms. The van der Waals surface area contributed by atoms with Crippen molar-refractivity contribution in [2.45, 2.75) is 24.7 Å². The van der Waals surface area contributed by atoms with Crippen molar-refractivity contribution in [3.8, 4) is 0 Å². The van der Waals surface area contributed by atoms with Crippen LogP contribution in [0.2, 0.25) is 0 Å². The molecule has 4 nitrogen and oxygen atoms in total. The van der Waals surface area contributed by atoms with Gasteiger partial charge in [0, 0.05) is 29.5 Å². The summed E-state index contributed by atoms with van der Waals surface area (Å²) in [7, 11) is 0. The maximum Gasteiger partial charge on any atom is 0.339 e. The highest BCUT2D eigenvalue weighted by atomic mass is 32.2. The van der Waals surface area contributed by atoms with E-state index in [0.717, 1.165) is 35.9 Å². The fraction of sp³-hybridized carbons (Fsp3) is 0.545. The second-order valence-corrected chi connectivity index (χ2v) is 5.42. The van der Waals surface area contributed by atoms with Gasteiger partial charge in [0.15, 0.2) is 0 Å². The molecular weight excluding hydrogens is 224 g/mol. The van der Waals surface area contributed by atoms with E-state index in [0.29, 0.717) is 17.4 Å². The SMILES string of the molecule is O=C(O)c1cnc(C2CSC2)nc1C1CC1. The van der Waals surface area contributed by atoms with Gasteiger partial charge in [0.2, 0.25) is 0 Å². The number of rotatable bonds is 3. The third kappa shape index (κ3) is 1.69. The van der Waals surface area contributed by atoms with E-state index < -0.39 is 5.97 Å². The summed E-state index contributed by atoms with van der Waals surface area (Å²) in [6, 6.07) is 0. The first kappa shape index (κ1) is 10.1. The van der Waals surface area contributed by atoms with Crippen molar-refractivity contribution in [3.05, 3.63) is 23.3 Å². The lowest BCUT2D eigenvalue weighted by molar-refractivity contribution is 0.0694. The van der Waals surface area contributed by atoms with Crippen LogP contribution in [0, 0.1) is 0 Å². The van der Waals surface area contributed by atoms with Gasteiger partial charge in [-0.15, -0.1) is 0 Å². The minimum absolute atomic E-state index is 0.290. The Bertz CT molecular complexity index is 442. The van der Waals surface area contributed by atoms with E-state index in [1.54, 1.807) is 0 Å². The number of aromatic carboxylic acids is 1. The molecule has 0 atom stereocenters. The Labute approximate surface area is 97.5 Å². The number of thioether (sulfide) groups is 1.